The zero-order valence-corrected chi connectivity index (χ0v) is 11.0. The van der Waals surface area contributed by atoms with E-state index in [0.29, 0.717) is 16.3 Å². The molecule has 0 amide bonds. The summed E-state index contributed by atoms with van der Waals surface area (Å²) in [5, 5.41) is 1.32. The van der Waals surface area contributed by atoms with E-state index < -0.39 is 0 Å². The molecule has 0 unspecified atom stereocenters. The summed E-state index contributed by atoms with van der Waals surface area (Å²) in [4.78, 5) is 4.65. The number of hydrogen-bond acceptors (Lipinski definition) is 3. The van der Waals surface area contributed by atoms with Gasteiger partial charge in [0.1, 0.15) is 10.7 Å². The highest BCUT2D eigenvalue weighted by Gasteiger charge is 2.14. The number of pyridine rings is 1. The summed E-state index contributed by atoms with van der Waals surface area (Å²) in [7, 11) is 1.57. The van der Waals surface area contributed by atoms with Crippen molar-refractivity contribution in [3.8, 4) is 5.75 Å². The zero-order chi connectivity index (χ0) is 12.6. The lowest BCUT2D eigenvalue weighted by Gasteiger charge is -2.12. The largest absolute Gasteiger partial charge is 0.496 e. The first-order valence-electron chi connectivity index (χ1n) is 4.98. The third kappa shape index (κ3) is 2.06. The number of ether oxygens (including phenoxy) is 1. The number of benzene rings is 1. The van der Waals surface area contributed by atoms with Crippen molar-refractivity contribution in [3.05, 3.63) is 34.5 Å². The van der Waals surface area contributed by atoms with Crippen LogP contribution in [-0.4, -0.2) is 17.1 Å². The lowest BCUT2D eigenvalue weighted by atomic mass is 10.1. The van der Waals surface area contributed by atoms with E-state index >= 15 is 0 Å². The van der Waals surface area contributed by atoms with Crippen LogP contribution in [0.4, 0.5) is 0 Å². The molecule has 2 N–H and O–H groups in total. The quantitative estimate of drug-likeness (QED) is 0.849. The first-order chi connectivity index (χ1) is 8.04. The fourth-order valence-electron chi connectivity index (χ4n) is 1.80. The second-order valence-corrected chi connectivity index (χ2v) is 4.49. The van der Waals surface area contributed by atoms with Gasteiger partial charge in [-0.1, -0.05) is 23.8 Å². The highest BCUT2D eigenvalue weighted by Crippen LogP contribution is 2.32. The van der Waals surface area contributed by atoms with Crippen molar-refractivity contribution in [3.63, 3.8) is 0 Å². The standard InChI is InChI=1S/C12H11ClN2OS/c1-6-5-7(13)10-8(15-6)3-4-9(16-2)11(10)12(14)17/h3-5H,1-2H3,(H2,14,17). The molecule has 0 saturated carbocycles. The molecule has 3 nitrogen and oxygen atoms in total. The second-order valence-electron chi connectivity index (χ2n) is 3.65. The molecular weight excluding hydrogens is 256 g/mol. The second kappa shape index (κ2) is 4.47. The lowest BCUT2D eigenvalue weighted by Crippen LogP contribution is -2.12. The predicted octanol–water partition coefficient (Wildman–Crippen LogP) is 2.84. The fourth-order valence-corrected chi connectivity index (χ4v) is 2.35. The molecule has 0 aliphatic rings. The minimum atomic E-state index is 0.250. The van der Waals surface area contributed by atoms with Gasteiger partial charge in [-0.05, 0) is 25.1 Å². The molecule has 1 aromatic heterocycles. The first kappa shape index (κ1) is 12.1. The Kier molecular flexibility index (Phi) is 3.17. The topological polar surface area (TPSA) is 48.1 Å². The van der Waals surface area contributed by atoms with E-state index in [9.17, 15) is 0 Å². The summed E-state index contributed by atoms with van der Waals surface area (Å²) in [6.07, 6.45) is 0. The van der Waals surface area contributed by atoms with E-state index in [1.807, 2.05) is 13.0 Å². The van der Waals surface area contributed by atoms with Gasteiger partial charge in [-0.15, -0.1) is 0 Å². The first-order valence-corrected chi connectivity index (χ1v) is 5.77. The molecule has 17 heavy (non-hydrogen) atoms. The van der Waals surface area contributed by atoms with Gasteiger partial charge in [0.05, 0.1) is 23.2 Å². The Hall–Kier alpha value is -1.39. The molecule has 2 rings (SSSR count). The molecule has 0 spiro atoms. The number of nitrogens with two attached hydrogens (primary N) is 1. The van der Waals surface area contributed by atoms with Crippen molar-refractivity contribution in [2.45, 2.75) is 6.92 Å². The average Bonchev–Trinajstić information content (AvgIpc) is 2.27. The van der Waals surface area contributed by atoms with Crippen molar-refractivity contribution in [2.75, 3.05) is 7.11 Å². The maximum atomic E-state index is 6.23. The summed E-state index contributed by atoms with van der Waals surface area (Å²) in [6, 6.07) is 5.42. The molecular formula is C12H11ClN2OS. The summed E-state index contributed by atoms with van der Waals surface area (Å²) in [5.41, 5.74) is 7.98. The van der Waals surface area contributed by atoms with Crippen molar-refractivity contribution >= 4 is 39.7 Å². The van der Waals surface area contributed by atoms with Gasteiger partial charge in [-0.3, -0.25) is 4.98 Å². The van der Waals surface area contributed by atoms with E-state index in [-0.39, 0.29) is 4.99 Å². The molecule has 1 aromatic carbocycles. The van der Waals surface area contributed by atoms with Gasteiger partial charge in [0.15, 0.2) is 0 Å². The Morgan fingerprint density at radius 2 is 2.18 bits per heavy atom. The number of aryl methyl sites for hydroxylation is 1. The highest BCUT2D eigenvalue weighted by atomic mass is 35.5. The maximum Gasteiger partial charge on any atom is 0.129 e. The molecule has 0 aliphatic carbocycles. The van der Waals surface area contributed by atoms with E-state index in [1.54, 1.807) is 19.2 Å². The Balaban J connectivity index is 2.94. The van der Waals surface area contributed by atoms with Crippen molar-refractivity contribution < 1.29 is 4.74 Å². The number of halogens is 1. The molecule has 0 saturated heterocycles. The van der Waals surface area contributed by atoms with Crippen LogP contribution in [0.2, 0.25) is 5.02 Å². The van der Waals surface area contributed by atoms with Crippen LogP contribution >= 0.6 is 23.8 Å². The van der Waals surface area contributed by atoms with Gasteiger partial charge in [0, 0.05) is 11.1 Å². The third-order valence-electron chi connectivity index (χ3n) is 2.48. The van der Waals surface area contributed by atoms with Crippen LogP contribution in [0.5, 0.6) is 5.75 Å². The van der Waals surface area contributed by atoms with Crippen LogP contribution in [-0.2, 0) is 0 Å². The monoisotopic (exact) mass is 266 g/mol. The van der Waals surface area contributed by atoms with Gasteiger partial charge in [-0.2, -0.15) is 0 Å². The summed E-state index contributed by atoms with van der Waals surface area (Å²) in [5.74, 6) is 0.609. The van der Waals surface area contributed by atoms with Crippen LogP contribution in [0.1, 0.15) is 11.3 Å². The van der Waals surface area contributed by atoms with Crippen LogP contribution in [0, 0.1) is 6.92 Å². The van der Waals surface area contributed by atoms with Gasteiger partial charge in [0.2, 0.25) is 0 Å². The minimum absolute atomic E-state index is 0.250. The van der Waals surface area contributed by atoms with Crippen molar-refractivity contribution in [2.24, 2.45) is 5.73 Å². The Morgan fingerprint density at radius 1 is 1.47 bits per heavy atom. The molecule has 0 atom stereocenters. The van der Waals surface area contributed by atoms with E-state index in [1.165, 1.54) is 0 Å². The third-order valence-corrected chi connectivity index (χ3v) is 2.98. The Labute approximate surface area is 110 Å². The fraction of sp³-hybridized carbons (Fsp3) is 0.167. The number of fused-ring (bicyclic) bond motifs is 1. The molecule has 0 radical (unpaired) electrons. The van der Waals surface area contributed by atoms with E-state index in [0.717, 1.165) is 16.6 Å². The Bertz CT molecular complexity index is 613. The molecule has 5 heteroatoms. The number of hydrogen-bond donors (Lipinski definition) is 1. The van der Waals surface area contributed by atoms with E-state index in [4.69, 9.17) is 34.3 Å². The van der Waals surface area contributed by atoms with Gasteiger partial charge < -0.3 is 10.5 Å². The molecule has 2 aromatic rings. The predicted molar refractivity (Wildman–Crippen MR) is 73.9 cm³/mol. The zero-order valence-electron chi connectivity index (χ0n) is 9.45. The smallest absolute Gasteiger partial charge is 0.129 e. The van der Waals surface area contributed by atoms with Crippen LogP contribution < -0.4 is 10.5 Å². The van der Waals surface area contributed by atoms with Crippen LogP contribution in [0.3, 0.4) is 0 Å². The number of nitrogens with zero attached hydrogens (tertiary/aromatic N) is 1. The highest BCUT2D eigenvalue weighted by molar-refractivity contribution is 7.80. The summed E-state index contributed by atoms with van der Waals surface area (Å²) >= 11 is 11.3. The van der Waals surface area contributed by atoms with E-state index in [2.05, 4.69) is 4.98 Å². The lowest BCUT2D eigenvalue weighted by molar-refractivity contribution is 0.414. The molecule has 0 fully saturated rings. The van der Waals surface area contributed by atoms with Gasteiger partial charge in [0.25, 0.3) is 0 Å². The number of aromatic nitrogens is 1. The van der Waals surface area contributed by atoms with Crippen LogP contribution in [0.15, 0.2) is 18.2 Å². The van der Waals surface area contributed by atoms with Crippen molar-refractivity contribution in [1.29, 1.82) is 0 Å². The number of thiocarbonyl (C=S) groups is 1. The van der Waals surface area contributed by atoms with Crippen molar-refractivity contribution in [1.82, 2.24) is 4.98 Å². The SMILES string of the molecule is COc1ccc2nc(C)cc(Cl)c2c1C(N)=S. The molecule has 88 valence electrons. The Morgan fingerprint density at radius 3 is 2.76 bits per heavy atom. The maximum absolute atomic E-state index is 6.23. The van der Waals surface area contributed by atoms with Gasteiger partial charge >= 0.3 is 0 Å². The minimum Gasteiger partial charge on any atom is -0.496 e. The molecule has 0 aliphatic heterocycles. The molecule has 1 heterocycles. The van der Waals surface area contributed by atoms with Gasteiger partial charge in [-0.25, -0.2) is 0 Å². The normalized spacial score (nSPS) is 10.5. The number of rotatable bonds is 2. The molecule has 0 bridgehead atoms. The summed E-state index contributed by atoms with van der Waals surface area (Å²) in [6.45, 7) is 1.88. The van der Waals surface area contributed by atoms with Crippen LogP contribution in [0.25, 0.3) is 10.9 Å². The average molecular weight is 267 g/mol. The number of methoxy groups -OCH3 is 1. The summed E-state index contributed by atoms with van der Waals surface area (Å²) < 4.78 is 5.25.